The van der Waals surface area contributed by atoms with Gasteiger partial charge in [-0.2, -0.15) is 0 Å². The van der Waals surface area contributed by atoms with E-state index in [2.05, 4.69) is 0 Å². The highest BCUT2D eigenvalue weighted by Gasteiger charge is 2.35. The molecule has 5 nitrogen and oxygen atoms in total. The van der Waals surface area contributed by atoms with E-state index in [1.807, 2.05) is 24.0 Å². The molecule has 0 saturated heterocycles. The van der Waals surface area contributed by atoms with Crippen molar-refractivity contribution in [1.29, 1.82) is 0 Å². The van der Waals surface area contributed by atoms with Crippen molar-refractivity contribution in [3.8, 4) is 0 Å². The summed E-state index contributed by atoms with van der Waals surface area (Å²) < 4.78 is 10.5. The zero-order chi connectivity index (χ0) is 13.8. The number of carbonyl (C=O) groups excluding carboxylic acids is 1. The summed E-state index contributed by atoms with van der Waals surface area (Å²) in [6.45, 7) is 2.92. The molecule has 0 spiro atoms. The highest BCUT2D eigenvalue weighted by molar-refractivity contribution is 5.82. The van der Waals surface area contributed by atoms with E-state index in [1.165, 1.54) is 0 Å². The lowest BCUT2D eigenvalue weighted by molar-refractivity contribution is -0.134. The van der Waals surface area contributed by atoms with Crippen molar-refractivity contribution in [3.05, 3.63) is 23.7 Å². The summed E-state index contributed by atoms with van der Waals surface area (Å²) in [7, 11) is 1.61. The molecule has 106 valence electrons. The molecule has 1 aliphatic rings. The van der Waals surface area contributed by atoms with E-state index in [0.717, 1.165) is 24.4 Å². The third-order valence-electron chi connectivity index (χ3n) is 3.34. The quantitative estimate of drug-likeness (QED) is 0.811. The van der Waals surface area contributed by atoms with Gasteiger partial charge in [0.25, 0.3) is 0 Å². The summed E-state index contributed by atoms with van der Waals surface area (Å²) in [6, 6.07) is 3.66. The number of ether oxygens (including phenoxy) is 1. The number of aryl methyl sites for hydroxylation is 1. The number of nitrogens with two attached hydrogens (primary N) is 1. The van der Waals surface area contributed by atoms with Crippen LogP contribution in [0.25, 0.3) is 0 Å². The average molecular weight is 266 g/mol. The SMILES string of the molecule is COCCC(N)C(=O)N(Cc1ccc(C)o1)C1CC1. The summed E-state index contributed by atoms with van der Waals surface area (Å²) in [5, 5.41) is 0. The largest absolute Gasteiger partial charge is 0.464 e. The molecule has 1 aromatic heterocycles. The summed E-state index contributed by atoms with van der Waals surface area (Å²) in [6.07, 6.45) is 2.67. The number of hydrogen-bond donors (Lipinski definition) is 1. The minimum Gasteiger partial charge on any atom is -0.464 e. The van der Waals surface area contributed by atoms with Crippen LogP contribution in [0.15, 0.2) is 16.5 Å². The van der Waals surface area contributed by atoms with Crippen LogP contribution in [0.5, 0.6) is 0 Å². The van der Waals surface area contributed by atoms with Crippen LogP contribution in [0.2, 0.25) is 0 Å². The van der Waals surface area contributed by atoms with Gasteiger partial charge in [0.05, 0.1) is 12.6 Å². The summed E-state index contributed by atoms with van der Waals surface area (Å²) >= 11 is 0. The van der Waals surface area contributed by atoms with E-state index in [1.54, 1.807) is 7.11 Å². The van der Waals surface area contributed by atoms with Crippen LogP contribution in [0.3, 0.4) is 0 Å². The summed E-state index contributed by atoms with van der Waals surface area (Å²) in [4.78, 5) is 14.2. The number of nitrogens with zero attached hydrogens (tertiary/aromatic N) is 1. The maximum Gasteiger partial charge on any atom is 0.240 e. The molecule has 1 heterocycles. The molecule has 5 heteroatoms. The molecule has 1 fully saturated rings. The molecule has 0 radical (unpaired) electrons. The first-order chi connectivity index (χ1) is 9.11. The normalized spacial score (nSPS) is 16.4. The van der Waals surface area contributed by atoms with Crippen LogP contribution in [-0.2, 0) is 16.1 Å². The van der Waals surface area contributed by atoms with Crippen molar-refractivity contribution in [1.82, 2.24) is 4.90 Å². The standard InChI is InChI=1S/C14H22N2O3/c1-10-3-6-12(19-10)9-16(11-4-5-11)14(17)13(15)7-8-18-2/h3,6,11,13H,4-5,7-9,15H2,1-2H3. The maximum absolute atomic E-state index is 12.3. The van der Waals surface area contributed by atoms with Crippen molar-refractivity contribution in [2.45, 2.75) is 44.8 Å². The van der Waals surface area contributed by atoms with Gasteiger partial charge in [0, 0.05) is 19.8 Å². The third kappa shape index (κ3) is 3.81. The molecule has 1 saturated carbocycles. The number of furan rings is 1. The summed E-state index contributed by atoms with van der Waals surface area (Å²) in [5.74, 6) is 1.67. The van der Waals surface area contributed by atoms with Gasteiger partial charge in [0.15, 0.2) is 0 Å². The zero-order valence-electron chi connectivity index (χ0n) is 11.6. The lowest BCUT2D eigenvalue weighted by Crippen LogP contribution is -2.45. The van der Waals surface area contributed by atoms with Crippen molar-refractivity contribution in [2.75, 3.05) is 13.7 Å². The molecule has 1 unspecified atom stereocenters. The fourth-order valence-electron chi connectivity index (χ4n) is 2.09. The van der Waals surface area contributed by atoms with Gasteiger partial charge in [0.2, 0.25) is 5.91 Å². The zero-order valence-corrected chi connectivity index (χ0v) is 11.6. The summed E-state index contributed by atoms with van der Waals surface area (Å²) in [5.41, 5.74) is 5.93. The van der Waals surface area contributed by atoms with Crippen LogP contribution in [0.4, 0.5) is 0 Å². The molecule has 1 aromatic rings. The Labute approximate surface area is 113 Å². The first-order valence-corrected chi connectivity index (χ1v) is 6.72. The Morgan fingerprint density at radius 1 is 1.58 bits per heavy atom. The van der Waals surface area contributed by atoms with E-state index in [4.69, 9.17) is 14.9 Å². The van der Waals surface area contributed by atoms with E-state index in [0.29, 0.717) is 25.6 Å². The predicted molar refractivity (Wildman–Crippen MR) is 71.5 cm³/mol. The van der Waals surface area contributed by atoms with Crippen LogP contribution >= 0.6 is 0 Å². The molecule has 2 N–H and O–H groups in total. The van der Waals surface area contributed by atoms with Crippen LogP contribution in [0.1, 0.15) is 30.8 Å². The molecule has 0 aliphatic heterocycles. The molecule has 1 aliphatic carbocycles. The van der Waals surface area contributed by atoms with Gasteiger partial charge in [-0.15, -0.1) is 0 Å². The van der Waals surface area contributed by atoms with E-state index >= 15 is 0 Å². The highest BCUT2D eigenvalue weighted by Crippen LogP contribution is 2.29. The number of rotatable bonds is 7. The van der Waals surface area contributed by atoms with Gasteiger partial charge in [-0.25, -0.2) is 0 Å². The van der Waals surface area contributed by atoms with Gasteiger partial charge in [0.1, 0.15) is 11.5 Å². The second-order valence-corrected chi connectivity index (χ2v) is 5.10. The first-order valence-electron chi connectivity index (χ1n) is 6.72. The Hall–Kier alpha value is -1.33. The molecular weight excluding hydrogens is 244 g/mol. The Morgan fingerprint density at radius 3 is 2.84 bits per heavy atom. The fourth-order valence-corrected chi connectivity index (χ4v) is 2.09. The van der Waals surface area contributed by atoms with Gasteiger partial charge in [-0.05, 0) is 38.3 Å². The lowest BCUT2D eigenvalue weighted by atomic mass is 10.2. The Morgan fingerprint density at radius 2 is 2.32 bits per heavy atom. The smallest absolute Gasteiger partial charge is 0.240 e. The van der Waals surface area contributed by atoms with Gasteiger partial charge < -0.3 is 19.8 Å². The molecular formula is C14H22N2O3. The topological polar surface area (TPSA) is 68.7 Å². The first kappa shape index (κ1) is 14.1. The maximum atomic E-state index is 12.3. The lowest BCUT2D eigenvalue weighted by Gasteiger charge is -2.24. The van der Waals surface area contributed by atoms with E-state index in [9.17, 15) is 4.79 Å². The number of hydrogen-bond acceptors (Lipinski definition) is 4. The predicted octanol–water partition coefficient (Wildman–Crippen LogP) is 1.44. The van der Waals surface area contributed by atoms with Crippen molar-refractivity contribution in [2.24, 2.45) is 5.73 Å². The Bertz CT molecular complexity index is 426. The van der Waals surface area contributed by atoms with Crippen molar-refractivity contribution >= 4 is 5.91 Å². The van der Waals surface area contributed by atoms with Crippen LogP contribution in [-0.4, -0.2) is 36.6 Å². The fraction of sp³-hybridized carbons (Fsp3) is 0.643. The van der Waals surface area contributed by atoms with Crippen LogP contribution < -0.4 is 5.73 Å². The van der Waals surface area contributed by atoms with Gasteiger partial charge in [-0.1, -0.05) is 0 Å². The molecule has 2 rings (SSSR count). The molecule has 19 heavy (non-hydrogen) atoms. The number of amides is 1. The number of carbonyl (C=O) groups is 1. The van der Waals surface area contributed by atoms with Gasteiger partial charge >= 0.3 is 0 Å². The monoisotopic (exact) mass is 266 g/mol. The molecule has 1 amide bonds. The molecule has 1 atom stereocenters. The average Bonchev–Trinajstić information content (AvgIpc) is 3.15. The Kier molecular flexibility index (Phi) is 4.61. The Balaban J connectivity index is 1.97. The van der Waals surface area contributed by atoms with E-state index in [-0.39, 0.29) is 5.91 Å². The van der Waals surface area contributed by atoms with Crippen LogP contribution in [0, 0.1) is 6.92 Å². The highest BCUT2D eigenvalue weighted by atomic mass is 16.5. The second-order valence-electron chi connectivity index (χ2n) is 5.10. The molecule has 0 aromatic carbocycles. The minimum absolute atomic E-state index is 0.00592. The number of methoxy groups -OCH3 is 1. The second kappa shape index (κ2) is 6.21. The van der Waals surface area contributed by atoms with Crippen molar-refractivity contribution < 1.29 is 13.9 Å². The van der Waals surface area contributed by atoms with E-state index < -0.39 is 6.04 Å². The molecule has 0 bridgehead atoms. The minimum atomic E-state index is -0.489. The van der Waals surface area contributed by atoms with Crippen molar-refractivity contribution in [3.63, 3.8) is 0 Å². The third-order valence-corrected chi connectivity index (χ3v) is 3.34. The van der Waals surface area contributed by atoms with Gasteiger partial charge in [-0.3, -0.25) is 4.79 Å².